The van der Waals surface area contributed by atoms with Crippen molar-refractivity contribution in [2.24, 2.45) is 0 Å². The van der Waals surface area contributed by atoms with Gasteiger partial charge >= 0.3 is 0 Å². The fraction of sp³-hybridized carbons (Fsp3) is 0.462. The summed E-state index contributed by atoms with van der Waals surface area (Å²) < 4.78 is 0. The van der Waals surface area contributed by atoms with Crippen molar-refractivity contribution in [3.63, 3.8) is 0 Å². The predicted molar refractivity (Wildman–Crippen MR) is 62.2 cm³/mol. The Bertz CT molecular complexity index is 320. The van der Waals surface area contributed by atoms with Gasteiger partial charge in [-0.05, 0) is 18.4 Å². The maximum Gasteiger partial charge on any atom is 0.106 e. The fourth-order valence-corrected chi connectivity index (χ4v) is 1.56. The highest BCUT2D eigenvalue weighted by molar-refractivity contribution is 5.16. The Labute approximate surface area is 91.9 Å². The number of benzene rings is 1. The molecule has 0 aliphatic carbocycles. The highest BCUT2D eigenvalue weighted by Crippen LogP contribution is 2.14. The Morgan fingerprint density at radius 2 is 1.80 bits per heavy atom. The van der Waals surface area contributed by atoms with Crippen molar-refractivity contribution < 1.29 is 0 Å². The molecule has 0 fully saturated rings. The zero-order valence-electron chi connectivity index (χ0n) is 9.46. The van der Waals surface area contributed by atoms with E-state index in [1.807, 2.05) is 32.0 Å². The quantitative estimate of drug-likeness (QED) is 0.797. The number of rotatable bonds is 5. The summed E-state index contributed by atoms with van der Waals surface area (Å²) in [6.07, 6.45) is 1.68. The standard InChI is InChI=1S/C13H18N2/c1-3-13(4-2,11-14)15-10-12-8-6-5-7-9-12/h5-9,15H,3-4,10H2,1-2H3. The second-order valence-corrected chi connectivity index (χ2v) is 3.74. The minimum absolute atomic E-state index is 0.365. The third-order valence-electron chi connectivity index (χ3n) is 2.89. The molecule has 0 radical (unpaired) electrons. The number of nitrogens with zero attached hydrogens (tertiary/aromatic N) is 1. The third kappa shape index (κ3) is 3.07. The van der Waals surface area contributed by atoms with Gasteiger partial charge in [-0.1, -0.05) is 44.2 Å². The van der Waals surface area contributed by atoms with E-state index in [9.17, 15) is 0 Å². The Morgan fingerprint density at radius 1 is 1.20 bits per heavy atom. The Morgan fingerprint density at radius 3 is 2.27 bits per heavy atom. The summed E-state index contributed by atoms with van der Waals surface area (Å²) in [6, 6.07) is 12.5. The summed E-state index contributed by atoms with van der Waals surface area (Å²) in [5.74, 6) is 0. The number of hydrogen-bond acceptors (Lipinski definition) is 2. The molecule has 0 unspecified atom stereocenters. The van der Waals surface area contributed by atoms with Crippen LogP contribution >= 0.6 is 0 Å². The summed E-state index contributed by atoms with van der Waals surface area (Å²) in [5.41, 5.74) is 0.856. The Balaban J connectivity index is 2.59. The van der Waals surface area contributed by atoms with Crippen LogP contribution in [0.5, 0.6) is 0 Å². The number of nitrogens with one attached hydrogen (secondary N) is 1. The van der Waals surface area contributed by atoms with E-state index in [2.05, 4.69) is 23.5 Å². The molecule has 1 N–H and O–H groups in total. The van der Waals surface area contributed by atoms with Crippen LogP contribution in [0.1, 0.15) is 32.3 Å². The van der Waals surface area contributed by atoms with Crippen LogP contribution in [-0.2, 0) is 6.54 Å². The molecule has 0 heterocycles. The number of nitriles is 1. The summed E-state index contributed by atoms with van der Waals surface area (Å²) in [4.78, 5) is 0. The van der Waals surface area contributed by atoms with Crippen LogP contribution in [-0.4, -0.2) is 5.54 Å². The van der Waals surface area contributed by atoms with E-state index in [4.69, 9.17) is 5.26 Å². The molecular formula is C13H18N2. The maximum atomic E-state index is 9.14. The van der Waals surface area contributed by atoms with Crippen molar-refractivity contribution in [2.45, 2.75) is 38.8 Å². The van der Waals surface area contributed by atoms with Crippen LogP contribution in [0.25, 0.3) is 0 Å². The van der Waals surface area contributed by atoms with Gasteiger partial charge in [0, 0.05) is 6.54 Å². The lowest BCUT2D eigenvalue weighted by molar-refractivity contribution is 0.385. The average Bonchev–Trinajstić information content (AvgIpc) is 2.33. The highest BCUT2D eigenvalue weighted by atomic mass is 15.0. The molecule has 0 saturated heterocycles. The Kier molecular flexibility index (Phi) is 4.33. The van der Waals surface area contributed by atoms with Gasteiger partial charge in [0.1, 0.15) is 5.54 Å². The normalized spacial score (nSPS) is 11.0. The van der Waals surface area contributed by atoms with E-state index >= 15 is 0 Å². The zero-order valence-corrected chi connectivity index (χ0v) is 9.46. The molecule has 15 heavy (non-hydrogen) atoms. The van der Waals surface area contributed by atoms with E-state index in [0.29, 0.717) is 0 Å². The first-order chi connectivity index (χ1) is 7.26. The minimum atomic E-state index is -0.365. The lowest BCUT2D eigenvalue weighted by Gasteiger charge is -2.25. The summed E-state index contributed by atoms with van der Waals surface area (Å²) in [7, 11) is 0. The molecule has 1 rings (SSSR count). The van der Waals surface area contributed by atoms with Gasteiger partial charge in [-0.2, -0.15) is 5.26 Å². The molecule has 0 aliphatic heterocycles. The van der Waals surface area contributed by atoms with Crippen LogP contribution in [0.2, 0.25) is 0 Å². The van der Waals surface area contributed by atoms with Gasteiger partial charge in [0.15, 0.2) is 0 Å². The summed E-state index contributed by atoms with van der Waals surface area (Å²) in [5, 5.41) is 12.5. The van der Waals surface area contributed by atoms with Crippen molar-refractivity contribution >= 4 is 0 Å². The average molecular weight is 202 g/mol. The first kappa shape index (κ1) is 11.7. The second kappa shape index (κ2) is 5.53. The first-order valence-electron chi connectivity index (χ1n) is 5.46. The monoisotopic (exact) mass is 202 g/mol. The fourth-order valence-electron chi connectivity index (χ4n) is 1.56. The van der Waals surface area contributed by atoms with Crippen LogP contribution in [0, 0.1) is 11.3 Å². The smallest absolute Gasteiger partial charge is 0.106 e. The van der Waals surface area contributed by atoms with Gasteiger partial charge < -0.3 is 0 Å². The van der Waals surface area contributed by atoms with E-state index in [-0.39, 0.29) is 5.54 Å². The van der Waals surface area contributed by atoms with Crippen molar-refractivity contribution in [1.29, 1.82) is 5.26 Å². The zero-order chi connectivity index (χ0) is 11.1. The summed E-state index contributed by atoms with van der Waals surface area (Å²) in [6.45, 7) is 4.85. The first-order valence-corrected chi connectivity index (χ1v) is 5.46. The van der Waals surface area contributed by atoms with E-state index in [1.165, 1.54) is 5.56 Å². The van der Waals surface area contributed by atoms with Crippen LogP contribution < -0.4 is 5.32 Å². The van der Waals surface area contributed by atoms with Gasteiger partial charge in [0.2, 0.25) is 0 Å². The largest absolute Gasteiger partial charge is 0.295 e. The third-order valence-corrected chi connectivity index (χ3v) is 2.89. The summed E-state index contributed by atoms with van der Waals surface area (Å²) >= 11 is 0. The molecule has 0 aromatic heterocycles. The maximum absolute atomic E-state index is 9.14. The lowest BCUT2D eigenvalue weighted by Crippen LogP contribution is -2.42. The van der Waals surface area contributed by atoms with Crippen LogP contribution in [0.3, 0.4) is 0 Å². The van der Waals surface area contributed by atoms with Crippen molar-refractivity contribution in [3.8, 4) is 6.07 Å². The molecule has 0 atom stereocenters. The molecule has 0 aliphatic rings. The lowest BCUT2D eigenvalue weighted by atomic mass is 9.94. The minimum Gasteiger partial charge on any atom is -0.295 e. The molecule has 1 aromatic carbocycles. The Hall–Kier alpha value is -1.33. The molecule has 80 valence electrons. The van der Waals surface area contributed by atoms with Gasteiger partial charge in [-0.25, -0.2) is 0 Å². The molecule has 0 spiro atoms. The molecular weight excluding hydrogens is 184 g/mol. The van der Waals surface area contributed by atoms with Gasteiger partial charge in [0.25, 0.3) is 0 Å². The SMILES string of the molecule is CCC(C#N)(CC)NCc1ccccc1. The van der Waals surface area contributed by atoms with Gasteiger partial charge in [-0.15, -0.1) is 0 Å². The van der Waals surface area contributed by atoms with Crippen molar-refractivity contribution in [3.05, 3.63) is 35.9 Å². The van der Waals surface area contributed by atoms with E-state index in [0.717, 1.165) is 19.4 Å². The van der Waals surface area contributed by atoms with Gasteiger partial charge in [-0.3, -0.25) is 5.32 Å². The number of hydrogen-bond donors (Lipinski definition) is 1. The molecule has 1 aromatic rings. The van der Waals surface area contributed by atoms with Gasteiger partial charge in [0.05, 0.1) is 6.07 Å². The van der Waals surface area contributed by atoms with E-state index < -0.39 is 0 Å². The van der Waals surface area contributed by atoms with E-state index in [1.54, 1.807) is 0 Å². The molecule has 0 bridgehead atoms. The predicted octanol–water partition coefficient (Wildman–Crippen LogP) is 2.86. The highest BCUT2D eigenvalue weighted by Gasteiger charge is 2.24. The van der Waals surface area contributed by atoms with Crippen molar-refractivity contribution in [2.75, 3.05) is 0 Å². The van der Waals surface area contributed by atoms with Crippen molar-refractivity contribution in [1.82, 2.24) is 5.32 Å². The van der Waals surface area contributed by atoms with Crippen LogP contribution in [0.4, 0.5) is 0 Å². The molecule has 0 amide bonds. The molecule has 2 heteroatoms. The van der Waals surface area contributed by atoms with Crippen LogP contribution in [0.15, 0.2) is 30.3 Å². The second-order valence-electron chi connectivity index (χ2n) is 3.74. The molecule has 2 nitrogen and oxygen atoms in total. The molecule has 0 saturated carbocycles. The topological polar surface area (TPSA) is 35.8 Å².